The quantitative estimate of drug-likeness (QED) is 0.426. The monoisotopic (exact) mass is 341 g/mol. The Labute approximate surface area is 110 Å². The molecule has 1 saturated carbocycles. The van der Waals surface area contributed by atoms with Crippen molar-refractivity contribution in [1.29, 1.82) is 0 Å². The number of hydrogen-bond donors (Lipinski definition) is 1. The zero-order chi connectivity index (χ0) is 12.2. The summed E-state index contributed by atoms with van der Waals surface area (Å²) < 4.78 is 6.63. The summed E-state index contributed by atoms with van der Waals surface area (Å²) in [5, 5.41) is 9.15. The summed E-state index contributed by atoms with van der Waals surface area (Å²) in [4.78, 5) is 0. The average molecular weight is 341 g/mol. The number of aliphatic hydroxyl groups excluding tert-OH is 1. The minimum absolute atomic E-state index is 0.170. The van der Waals surface area contributed by atoms with Crippen LogP contribution in [-0.4, -0.2) is 25.3 Å². The topological polar surface area (TPSA) is 29.5 Å². The van der Waals surface area contributed by atoms with E-state index in [4.69, 9.17) is 9.84 Å². The van der Waals surface area contributed by atoms with E-state index >= 15 is 0 Å². The van der Waals surface area contributed by atoms with Gasteiger partial charge in [-0.2, -0.15) is 0 Å². The van der Waals surface area contributed by atoms with Crippen LogP contribution >= 0.6 is 0 Å². The summed E-state index contributed by atoms with van der Waals surface area (Å²) in [6, 6.07) is 0. The predicted molar refractivity (Wildman–Crippen MR) is 63.1 cm³/mol. The van der Waals surface area contributed by atoms with Crippen LogP contribution in [0.2, 0.25) is 0 Å². The molecule has 2 nitrogen and oxygen atoms in total. The van der Waals surface area contributed by atoms with Crippen molar-refractivity contribution in [3.8, 4) is 0 Å². The fourth-order valence-corrected chi connectivity index (χ4v) is 6.18. The number of alkyl halides is 2. The van der Waals surface area contributed by atoms with E-state index in [0.717, 1.165) is 9.84 Å². The second kappa shape index (κ2) is 6.55. The molecule has 1 fully saturated rings. The molecule has 0 aromatic heterocycles. The van der Waals surface area contributed by atoms with Crippen molar-refractivity contribution in [3.63, 3.8) is 0 Å². The molecular weight excluding hydrogens is 315 g/mol. The van der Waals surface area contributed by atoms with Crippen LogP contribution in [0.1, 0.15) is 53.4 Å². The van der Waals surface area contributed by atoms with Gasteiger partial charge in [0.2, 0.25) is 0 Å². The van der Waals surface area contributed by atoms with Gasteiger partial charge in [0.05, 0.1) is 0 Å². The molecule has 0 spiro atoms. The Morgan fingerprint density at radius 2 is 1.88 bits per heavy atom. The standard InChI is InChI=1S/C13H26IO2/c1-10-5-7-12(8-6-10)14-13(3,4)9-16-11(2)15/h10-12,15H,5-9H2,1-4H3/q-1. The number of aliphatic hydroxyl groups is 1. The molecule has 0 bridgehead atoms. The van der Waals surface area contributed by atoms with Crippen molar-refractivity contribution in [1.82, 2.24) is 0 Å². The van der Waals surface area contributed by atoms with E-state index in [0.29, 0.717) is 10.0 Å². The molecule has 1 atom stereocenters. The molecule has 0 aromatic rings. The summed E-state index contributed by atoms with van der Waals surface area (Å²) >= 11 is 0.170. The average Bonchev–Trinajstić information content (AvgIpc) is 2.19. The van der Waals surface area contributed by atoms with Crippen molar-refractivity contribution in [3.05, 3.63) is 0 Å². The molecule has 98 valence electrons. The first-order valence-electron chi connectivity index (χ1n) is 6.33. The molecule has 1 aliphatic rings. The van der Waals surface area contributed by atoms with E-state index in [1.165, 1.54) is 25.7 Å². The van der Waals surface area contributed by atoms with Crippen molar-refractivity contribution < 1.29 is 31.0 Å². The first-order chi connectivity index (χ1) is 7.39. The maximum atomic E-state index is 9.15. The predicted octanol–water partition coefficient (Wildman–Crippen LogP) is -0.212. The third-order valence-corrected chi connectivity index (χ3v) is 7.19. The van der Waals surface area contributed by atoms with Gasteiger partial charge >= 0.3 is 111 Å². The van der Waals surface area contributed by atoms with Gasteiger partial charge in [0.15, 0.2) is 0 Å². The van der Waals surface area contributed by atoms with Crippen LogP contribution in [-0.2, 0) is 4.74 Å². The van der Waals surface area contributed by atoms with Gasteiger partial charge in [-0.15, -0.1) is 0 Å². The maximum absolute atomic E-state index is 9.15. The fraction of sp³-hybridized carbons (Fsp3) is 1.00. The summed E-state index contributed by atoms with van der Waals surface area (Å²) in [6.45, 7) is 9.36. The summed E-state index contributed by atoms with van der Waals surface area (Å²) in [5.74, 6) is 0.942. The van der Waals surface area contributed by atoms with Crippen LogP contribution in [0, 0.1) is 5.92 Å². The van der Waals surface area contributed by atoms with Crippen LogP contribution < -0.4 is 21.2 Å². The van der Waals surface area contributed by atoms with E-state index < -0.39 is 6.29 Å². The van der Waals surface area contributed by atoms with Crippen molar-refractivity contribution in [2.75, 3.05) is 6.61 Å². The molecule has 0 saturated heterocycles. The zero-order valence-electron chi connectivity index (χ0n) is 11.0. The Balaban J connectivity index is 2.28. The minimum atomic E-state index is -0.616. The molecule has 0 heterocycles. The molecule has 16 heavy (non-hydrogen) atoms. The Morgan fingerprint density at radius 3 is 2.38 bits per heavy atom. The Bertz CT molecular complexity index is 196. The Morgan fingerprint density at radius 1 is 1.31 bits per heavy atom. The normalized spacial score (nSPS) is 29.3. The molecule has 1 rings (SSSR count). The molecular formula is C13H26IO2-. The number of ether oxygens (including phenoxy) is 1. The zero-order valence-corrected chi connectivity index (χ0v) is 13.2. The molecule has 0 aromatic carbocycles. The third-order valence-electron chi connectivity index (χ3n) is 3.06. The van der Waals surface area contributed by atoms with Crippen LogP contribution in [0.15, 0.2) is 0 Å². The molecule has 0 amide bonds. The fourth-order valence-electron chi connectivity index (χ4n) is 2.10. The third kappa shape index (κ3) is 5.82. The van der Waals surface area contributed by atoms with Gasteiger partial charge in [-0.3, -0.25) is 0 Å². The second-order valence-electron chi connectivity index (χ2n) is 5.60. The second-order valence-corrected chi connectivity index (χ2v) is 10.9. The van der Waals surface area contributed by atoms with Gasteiger partial charge in [0, 0.05) is 0 Å². The summed E-state index contributed by atoms with van der Waals surface area (Å²) in [7, 11) is 0. The molecule has 0 radical (unpaired) electrons. The van der Waals surface area contributed by atoms with Gasteiger partial charge in [-0.05, 0) is 0 Å². The molecule has 0 aliphatic heterocycles. The molecule has 1 unspecified atom stereocenters. The van der Waals surface area contributed by atoms with Crippen molar-refractivity contribution >= 4 is 0 Å². The van der Waals surface area contributed by atoms with E-state index in [9.17, 15) is 0 Å². The van der Waals surface area contributed by atoms with Gasteiger partial charge < -0.3 is 0 Å². The van der Waals surface area contributed by atoms with E-state index in [1.807, 2.05) is 0 Å². The number of rotatable bonds is 5. The first kappa shape index (κ1) is 14.7. The van der Waals surface area contributed by atoms with Crippen LogP contribution in [0.3, 0.4) is 0 Å². The molecule has 3 heteroatoms. The number of halogens is 1. The van der Waals surface area contributed by atoms with Crippen molar-refractivity contribution in [2.24, 2.45) is 5.92 Å². The van der Waals surface area contributed by atoms with E-state index in [-0.39, 0.29) is 21.2 Å². The SMILES string of the molecule is CC1CCC([I-]C(C)(C)COC(C)O)CC1. The van der Waals surface area contributed by atoms with Crippen LogP contribution in [0.25, 0.3) is 0 Å². The molecule has 1 aliphatic carbocycles. The summed E-state index contributed by atoms with van der Waals surface area (Å²) in [6.07, 6.45) is 5.06. The Hall–Kier alpha value is 0.650. The number of hydrogen-bond acceptors (Lipinski definition) is 2. The van der Waals surface area contributed by atoms with E-state index in [1.54, 1.807) is 6.92 Å². The van der Waals surface area contributed by atoms with Gasteiger partial charge in [0.1, 0.15) is 0 Å². The summed E-state index contributed by atoms with van der Waals surface area (Å²) in [5.41, 5.74) is 0. The Kier molecular flexibility index (Phi) is 6.02. The van der Waals surface area contributed by atoms with E-state index in [2.05, 4.69) is 20.8 Å². The first-order valence-corrected chi connectivity index (χ1v) is 8.66. The van der Waals surface area contributed by atoms with Gasteiger partial charge in [-0.25, -0.2) is 0 Å². The van der Waals surface area contributed by atoms with Gasteiger partial charge in [0.25, 0.3) is 0 Å². The van der Waals surface area contributed by atoms with Gasteiger partial charge in [-0.1, -0.05) is 0 Å². The van der Waals surface area contributed by atoms with Crippen LogP contribution in [0.5, 0.6) is 0 Å². The van der Waals surface area contributed by atoms with Crippen LogP contribution in [0.4, 0.5) is 0 Å². The molecule has 1 N–H and O–H groups in total. The van der Waals surface area contributed by atoms with Crippen molar-refractivity contribution in [2.45, 2.75) is 67.0 Å².